The van der Waals surface area contributed by atoms with Gasteiger partial charge in [-0.25, -0.2) is 4.98 Å². The number of rotatable bonds is 3. The fourth-order valence-corrected chi connectivity index (χ4v) is 2.62. The Hall–Kier alpha value is -2.42. The molecule has 0 aliphatic rings. The van der Waals surface area contributed by atoms with E-state index in [1.165, 1.54) is 0 Å². The van der Waals surface area contributed by atoms with Crippen molar-refractivity contribution in [2.75, 3.05) is 0 Å². The molecule has 3 heteroatoms. The first-order valence-corrected chi connectivity index (χ1v) is 7.27. The zero-order valence-corrected chi connectivity index (χ0v) is 12.3. The van der Waals surface area contributed by atoms with Crippen LogP contribution in [0.2, 0.25) is 0 Å². The molecule has 1 heterocycles. The van der Waals surface area contributed by atoms with Crippen molar-refractivity contribution in [3.05, 3.63) is 64.4 Å². The van der Waals surface area contributed by atoms with Gasteiger partial charge in [-0.05, 0) is 31.5 Å². The molecule has 0 spiro atoms. The molecule has 0 radical (unpaired) electrons. The number of fused-ring (bicyclic) bond motifs is 1. The van der Waals surface area contributed by atoms with Gasteiger partial charge in [0.1, 0.15) is 5.69 Å². The highest BCUT2D eigenvalue weighted by Crippen LogP contribution is 2.18. The minimum atomic E-state index is -0.0128. The van der Waals surface area contributed by atoms with Crippen LogP contribution in [0.5, 0.6) is 0 Å². The molecule has 0 amide bonds. The van der Waals surface area contributed by atoms with Gasteiger partial charge in [-0.1, -0.05) is 42.8 Å². The molecule has 3 aromatic rings. The normalized spacial score (nSPS) is 11.0. The van der Waals surface area contributed by atoms with E-state index < -0.39 is 0 Å². The summed E-state index contributed by atoms with van der Waals surface area (Å²) in [5, 5.41) is 0. The summed E-state index contributed by atoms with van der Waals surface area (Å²) in [6.45, 7) is 4.81. The largest absolute Gasteiger partial charge is 0.305 e. The number of hydrogen-bond acceptors (Lipinski definition) is 2. The first-order valence-electron chi connectivity index (χ1n) is 7.27. The zero-order valence-electron chi connectivity index (χ0n) is 12.3. The fraction of sp³-hybridized carbons (Fsp3) is 0.222. The Morgan fingerprint density at radius 2 is 1.90 bits per heavy atom. The lowest BCUT2D eigenvalue weighted by Crippen LogP contribution is -2.23. The molecule has 0 bridgehead atoms. The molecular formula is C18H18N2O. The highest BCUT2D eigenvalue weighted by molar-refractivity contribution is 5.77. The fourth-order valence-electron chi connectivity index (χ4n) is 2.62. The van der Waals surface area contributed by atoms with Gasteiger partial charge in [0.25, 0.3) is 5.56 Å². The second-order valence-electron chi connectivity index (χ2n) is 5.28. The standard InChI is InChI=1S/C18H18N2O/c1-3-11-20-16-10-5-4-9-15(16)19-17(18(20)21)14-8-6-7-13(2)12-14/h4-10,12H,3,11H2,1-2H3. The molecule has 0 N–H and O–H groups in total. The van der Waals surface area contributed by atoms with Gasteiger partial charge in [0.05, 0.1) is 11.0 Å². The SMILES string of the molecule is CCCn1c(=O)c(-c2cccc(C)c2)nc2ccccc21. The first kappa shape index (κ1) is 13.6. The Bertz CT molecular complexity index is 849. The number of benzene rings is 2. The van der Waals surface area contributed by atoms with E-state index in [0.29, 0.717) is 12.2 Å². The number of para-hydroxylation sites is 2. The van der Waals surface area contributed by atoms with Gasteiger partial charge < -0.3 is 4.57 Å². The van der Waals surface area contributed by atoms with Crippen molar-refractivity contribution in [3.63, 3.8) is 0 Å². The molecule has 3 nitrogen and oxygen atoms in total. The van der Waals surface area contributed by atoms with E-state index in [0.717, 1.165) is 28.6 Å². The lowest BCUT2D eigenvalue weighted by atomic mass is 10.1. The van der Waals surface area contributed by atoms with Gasteiger partial charge in [-0.3, -0.25) is 4.79 Å². The Kier molecular flexibility index (Phi) is 3.57. The van der Waals surface area contributed by atoms with Crippen LogP contribution in [0.4, 0.5) is 0 Å². The van der Waals surface area contributed by atoms with Crippen molar-refractivity contribution in [2.24, 2.45) is 0 Å². The molecule has 3 rings (SSSR count). The monoisotopic (exact) mass is 278 g/mol. The van der Waals surface area contributed by atoms with Crippen LogP contribution in [0.25, 0.3) is 22.3 Å². The number of aromatic nitrogens is 2. The third kappa shape index (κ3) is 2.47. The van der Waals surface area contributed by atoms with Crippen LogP contribution < -0.4 is 5.56 Å². The molecular weight excluding hydrogens is 260 g/mol. The second kappa shape index (κ2) is 5.52. The van der Waals surface area contributed by atoms with Crippen molar-refractivity contribution in [1.82, 2.24) is 9.55 Å². The maximum atomic E-state index is 12.8. The molecule has 21 heavy (non-hydrogen) atoms. The van der Waals surface area contributed by atoms with Crippen LogP contribution in [0.15, 0.2) is 53.3 Å². The molecule has 0 saturated heterocycles. The number of hydrogen-bond donors (Lipinski definition) is 0. The van der Waals surface area contributed by atoms with E-state index in [9.17, 15) is 4.79 Å². The molecule has 0 atom stereocenters. The zero-order chi connectivity index (χ0) is 14.8. The molecule has 0 aliphatic carbocycles. The predicted octanol–water partition coefficient (Wildman–Crippen LogP) is 3.78. The van der Waals surface area contributed by atoms with Crippen LogP contribution in [0, 0.1) is 6.92 Å². The summed E-state index contributed by atoms with van der Waals surface area (Å²) in [7, 11) is 0. The minimum Gasteiger partial charge on any atom is -0.305 e. The summed E-state index contributed by atoms with van der Waals surface area (Å²) in [6, 6.07) is 15.8. The number of nitrogens with zero attached hydrogens (tertiary/aromatic N) is 2. The predicted molar refractivity (Wildman–Crippen MR) is 86.5 cm³/mol. The lowest BCUT2D eigenvalue weighted by molar-refractivity contribution is 0.676. The summed E-state index contributed by atoms with van der Waals surface area (Å²) >= 11 is 0. The van der Waals surface area contributed by atoms with Gasteiger partial charge in [0.2, 0.25) is 0 Å². The summed E-state index contributed by atoms with van der Waals surface area (Å²) < 4.78 is 1.83. The third-order valence-electron chi connectivity index (χ3n) is 3.59. The average molecular weight is 278 g/mol. The topological polar surface area (TPSA) is 34.9 Å². The van der Waals surface area contributed by atoms with E-state index in [1.54, 1.807) is 0 Å². The molecule has 0 fully saturated rings. The van der Waals surface area contributed by atoms with Crippen LogP contribution in [-0.4, -0.2) is 9.55 Å². The summed E-state index contributed by atoms with van der Waals surface area (Å²) in [4.78, 5) is 17.4. The Morgan fingerprint density at radius 3 is 2.67 bits per heavy atom. The maximum absolute atomic E-state index is 12.8. The van der Waals surface area contributed by atoms with E-state index in [1.807, 2.05) is 60.0 Å². The number of aryl methyl sites for hydroxylation is 2. The molecule has 0 aliphatic heterocycles. The van der Waals surface area contributed by atoms with Gasteiger partial charge in [-0.15, -0.1) is 0 Å². The van der Waals surface area contributed by atoms with E-state index in [-0.39, 0.29) is 5.56 Å². The summed E-state index contributed by atoms with van der Waals surface area (Å²) in [5.41, 5.74) is 4.30. The van der Waals surface area contributed by atoms with Crippen molar-refractivity contribution >= 4 is 11.0 Å². The van der Waals surface area contributed by atoms with E-state index >= 15 is 0 Å². The van der Waals surface area contributed by atoms with Crippen LogP contribution in [0.3, 0.4) is 0 Å². The van der Waals surface area contributed by atoms with Crippen molar-refractivity contribution < 1.29 is 0 Å². The van der Waals surface area contributed by atoms with Crippen LogP contribution >= 0.6 is 0 Å². The highest BCUT2D eigenvalue weighted by Gasteiger charge is 2.12. The second-order valence-corrected chi connectivity index (χ2v) is 5.28. The molecule has 0 saturated carbocycles. The smallest absolute Gasteiger partial charge is 0.277 e. The Morgan fingerprint density at radius 1 is 1.10 bits per heavy atom. The molecule has 106 valence electrons. The third-order valence-corrected chi connectivity index (χ3v) is 3.59. The maximum Gasteiger partial charge on any atom is 0.277 e. The lowest BCUT2D eigenvalue weighted by Gasteiger charge is -2.11. The van der Waals surface area contributed by atoms with E-state index in [2.05, 4.69) is 11.9 Å². The summed E-state index contributed by atoms with van der Waals surface area (Å²) in [5.74, 6) is 0. The van der Waals surface area contributed by atoms with Crippen molar-refractivity contribution in [1.29, 1.82) is 0 Å². The highest BCUT2D eigenvalue weighted by atomic mass is 16.1. The average Bonchev–Trinajstić information content (AvgIpc) is 2.50. The molecule has 0 unspecified atom stereocenters. The Balaban J connectivity index is 2.33. The molecule has 2 aromatic carbocycles. The molecule has 1 aromatic heterocycles. The van der Waals surface area contributed by atoms with Gasteiger partial charge in [-0.2, -0.15) is 0 Å². The van der Waals surface area contributed by atoms with Gasteiger partial charge in [0.15, 0.2) is 0 Å². The van der Waals surface area contributed by atoms with Crippen LogP contribution in [0.1, 0.15) is 18.9 Å². The van der Waals surface area contributed by atoms with Gasteiger partial charge in [0, 0.05) is 12.1 Å². The van der Waals surface area contributed by atoms with E-state index in [4.69, 9.17) is 0 Å². The van der Waals surface area contributed by atoms with Crippen molar-refractivity contribution in [2.45, 2.75) is 26.8 Å². The van der Waals surface area contributed by atoms with Crippen LogP contribution in [-0.2, 0) is 6.54 Å². The van der Waals surface area contributed by atoms with Crippen molar-refractivity contribution in [3.8, 4) is 11.3 Å². The Labute approximate surface area is 123 Å². The minimum absolute atomic E-state index is 0.0128. The quantitative estimate of drug-likeness (QED) is 0.730. The van der Waals surface area contributed by atoms with Gasteiger partial charge >= 0.3 is 0 Å². The first-order chi connectivity index (χ1) is 10.2. The summed E-state index contributed by atoms with van der Waals surface area (Å²) in [6.07, 6.45) is 0.918.